The lowest BCUT2D eigenvalue weighted by Gasteiger charge is -2.25. The van der Waals surface area contributed by atoms with Crippen LogP contribution in [-0.2, 0) is 0 Å². The molecule has 17 rings (SSSR count). The van der Waals surface area contributed by atoms with E-state index in [0.29, 0.717) is 0 Å². The first kappa shape index (κ1) is 105. The van der Waals surface area contributed by atoms with Crippen molar-refractivity contribution in [3.63, 3.8) is 0 Å². The molecule has 17 aromatic rings. The molecule has 734 valence electrons. The average Bonchev–Trinajstić information content (AvgIpc) is 0.901. The second-order valence-electron chi connectivity index (χ2n) is 36.8. The summed E-state index contributed by atoms with van der Waals surface area (Å²) in [5, 5.41) is 0. The van der Waals surface area contributed by atoms with Crippen molar-refractivity contribution in [1.82, 2.24) is 0 Å². The first-order valence-corrected chi connectivity index (χ1v) is 52.9. The molecule has 0 aliphatic carbocycles. The highest BCUT2D eigenvalue weighted by Crippen LogP contribution is 2.42. The van der Waals surface area contributed by atoms with Gasteiger partial charge in [-0.25, -0.2) is 0 Å². The first-order chi connectivity index (χ1) is 71.6. The summed E-state index contributed by atoms with van der Waals surface area (Å²) in [6.07, 6.45) is 35.7. The molecule has 0 aliphatic rings. The quantitative estimate of drug-likeness (QED) is 0.0352. The normalized spacial score (nSPS) is 11.3. The Balaban J connectivity index is 0.000000165. The van der Waals surface area contributed by atoms with Crippen LogP contribution in [0.4, 0.5) is 79.6 Å². The summed E-state index contributed by atoms with van der Waals surface area (Å²) in [7, 11) is 3.45. The standard InChI is InChI=1S/C50H44N2.C46H34Br2N2.C40H56N2O2/c1-37-13-11-19-49(33-37)51(45-15-7-5-8-16-45)47-29-23-41(24-30-47)21-27-43-35-40(4)44(36-39(43)3)28-22-42-25-31-48(32-26-42)52(46-17-9-6-10-18-46)50-20-12-14-38(2)34-50;47-45-34-38(28-22-36-25-31-44(32-26-36)50(41-17-9-3-10-18-41)42-19-11-4-12-20-42)46(48)33-37(45)27-21-35-23-29-43(30-24-35)49(39-13-5-1-6-14-39)40-15-7-2-8-16-40;1-7-11-27-41(28-12-8-2)37-23-17-33(18-24-37)15-21-35-31-40(44-6)36(32-39(35)43-5)22-16-34-19-25-38(26-20-34)42(29-13-9-3)30-14-10-4/h5-36H,1-4H3;1-34H;15-26,31-32H,7-14,27-30H2,1-6H3/b2*27-21+,28-22+;21-15+,22-16+. The molecule has 0 aromatic heterocycles. The number of hydrogen-bond donors (Lipinski definition) is 0. The average molecular weight is 2040 g/mol. The summed E-state index contributed by atoms with van der Waals surface area (Å²) < 4.78 is 13.7. The maximum atomic E-state index is 5.81. The van der Waals surface area contributed by atoms with Gasteiger partial charge in [0.2, 0.25) is 0 Å². The molecule has 0 heterocycles. The molecule has 146 heavy (non-hydrogen) atoms. The van der Waals surface area contributed by atoms with Gasteiger partial charge in [-0.05, 0) is 325 Å². The van der Waals surface area contributed by atoms with Gasteiger partial charge in [0, 0.05) is 126 Å². The van der Waals surface area contributed by atoms with E-state index in [1.54, 1.807) is 14.2 Å². The summed E-state index contributed by atoms with van der Waals surface area (Å²) in [6, 6.07) is 146. The molecule has 0 saturated heterocycles. The minimum Gasteiger partial charge on any atom is -0.496 e. The number of halogens is 2. The van der Waals surface area contributed by atoms with Gasteiger partial charge in [0.05, 0.1) is 14.2 Å². The van der Waals surface area contributed by atoms with Crippen molar-refractivity contribution in [3.8, 4) is 11.5 Å². The van der Waals surface area contributed by atoms with E-state index in [1.165, 1.54) is 107 Å². The number of unbranched alkanes of at least 4 members (excludes halogenated alkanes) is 4. The van der Waals surface area contributed by atoms with Gasteiger partial charge < -0.3 is 38.9 Å². The van der Waals surface area contributed by atoms with Crippen LogP contribution in [0.5, 0.6) is 11.5 Å². The molecule has 0 atom stereocenters. The van der Waals surface area contributed by atoms with Gasteiger partial charge >= 0.3 is 0 Å². The minimum atomic E-state index is 0.821. The fourth-order valence-corrected chi connectivity index (χ4v) is 18.8. The highest BCUT2D eigenvalue weighted by Gasteiger charge is 2.20. The zero-order chi connectivity index (χ0) is 102. The number of benzene rings is 17. The number of rotatable bonds is 40. The van der Waals surface area contributed by atoms with Crippen LogP contribution < -0.4 is 38.9 Å². The Bertz CT molecular complexity index is 6610. The molecule has 17 aromatic carbocycles. The zero-order valence-corrected chi connectivity index (χ0v) is 89.1. The van der Waals surface area contributed by atoms with Crippen molar-refractivity contribution in [3.05, 3.63) is 510 Å². The Labute approximate surface area is 885 Å². The Hall–Kier alpha value is -15.5. The summed E-state index contributed by atoms with van der Waals surface area (Å²) >= 11 is 7.63. The van der Waals surface area contributed by atoms with E-state index in [9.17, 15) is 0 Å². The van der Waals surface area contributed by atoms with Gasteiger partial charge in [0.25, 0.3) is 0 Å². The Morgan fingerprint density at radius 3 is 0.630 bits per heavy atom. The van der Waals surface area contributed by atoms with Crippen molar-refractivity contribution in [1.29, 1.82) is 0 Å². The third kappa shape index (κ3) is 29.4. The minimum absolute atomic E-state index is 0.821. The molecule has 0 N–H and O–H groups in total. The number of aryl methyl sites for hydroxylation is 4. The molecule has 0 amide bonds. The van der Waals surface area contributed by atoms with E-state index in [1.807, 2.05) is 24.3 Å². The van der Waals surface area contributed by atoms with Gasteiger partial charge in [0.1, 0.15) is 11.5 Å². The second kappa shape index (κ2) is 54.3. The molecule has 10 heteroatoms. The van der Waals surface area contributed by atoms with Crippen molar-refractivity contribution in [2.45, 2.75) is 107 Å². The van der Waals surface area contributed by atoms with E-state index in [-0.39, 0.29) is 0 Å². The second-order valence-corrected chi connectivity index (χ2v) is 38.5. The fourth-order valence-electron chi connectivity index (χ4n) is 17.8. The highest BCUT2D eigenvalue weighted by molar-refractivity contribution is 9.11. The maximum Gasteiger partial charge on any atom is 0.126 e. The van der Waals surface area contributed by atoms with Crippen LogP contribution in [0.3, 0.4) is 0 Å². The van der Waals surface area contributed by atoms with Crippen LogP contribution in [0.2, 0.25) is 0 Å². The number of hydrogen-bond acceptors (Lipinski definition) is 8. The van der Waals surface area contributed by atoms with Crippen molar-refractivity contribution >= 4 is 184 Å². The van der Waals surface area contributed by atoms with Gasteiger partial charge in [0.15, 0.2) is 0 Å². The SMILES string of the molecule is Brc1cc(/C=C/c2ccc(N(c3ccccc3)c3ccccc3)cc2)c(Br)cc1/C=C/c1ccc(N(c2ccccc2)c2ccccc2)cc1.CCCCN(CCCC)c1ccc(/C=C/c2cc(OC)c(/C=C/c3ccc(N(CCCC)CCCC)cc3)cc2OC)cc1.Cc1cccc(N(c2ccccc2)c2ccc(/C=C/c3cc(C)c(/C=C/c4ccc(N(c5ccccc5)c5cccc(C)c5)cc4)cc3C)cc2)c1. The lowest BCUT2D eigenvalue weighted by atomic mass is 9.98. The molecule has 0 saturated carbocycles. The highest BCUT2D eigenvalue weighted by atomic mass is 79.9. The van der Waals surface area contributed by atoms with Gasteiger partial charge in [-0.3, -0.25) is 0 Å². The molecular formula is C136H134Br2N6O2. The van der Waals surface area contributed by atoms with Crippen LogP contribution >= 0.6 is 31.9 Å². The van der Waals surface area contributed by atoms with Crippen molar-refractivity contribution < 1.29 is 9.47 Å². The van der Waals surface area contributed by atoms with Crippen molar-refractivity contribution in [2.24, 2.45) is 0 Å². The fraction of sp³-hybridized carbons (Fsp3) is 0.162. The molecule has 8 nitrogen and oxygen atoms in total. The molecular weight excluding hydrogens is 1910 g/mol. The van der Waals surface area contributed by atoms with Crippen LogP contribution in [0.25, 0.3) is 72.9 Å². The summed E-state index contributed by atoms with van der Waals surface area (Å²) in [5.41, 5.74) is 34.7. The van der Waals surface area contributed by atoms with E-state index in [0.717, 1.165) is 159 Å². The van der Waals surface area contributed by atoms with Crippen LogP contribution in [0, 0.1) is 27.7 Å². The van der Waals surface area contributed by atoms with Gasteiger partial charge in [-0.1, -0.05) is 377 Å². The van der Waals surface area contributed by atoms with Crippen LogP contribution in [0.1, 0.15) is 168 Å². The van der Waals surface area contributed by atoms with E-state index >= 15 is 0 Å². The summed E-state index contributed by atoms with van der Waals surface area (Å²) in [5.74, 6) is 1.64. The topological polar surface area (TPSA) is 37.9 Å². The third-order valence-electron chi connectivity index (χ3n) is 25.9. The Kier molecular flexibility index (Phi) is 39.0. The smallest absolute Gasteiger partial charge is 0.126 e. The number of para-hydroxylation sites is 6. The zero-order valence-electron chi connectivity index (χ0n) is 85.9. The van der Waals surface area contributed by atoms with Gasteiger partial charge in [-0.2, -0.15) is 0 Å². The first-order valence-electron chi connectivity index (χ1n) is 51.3. The molecule has 0 fully saturated rings. The van der Waals surface area contributed by atoms with E-state index in [2.05, 4.69) is 578 Å². The van der Waals surface area contributed by atoms with E-state index < -0.39 is 0 Å². The Morgan fingerprint density at radius 1 is 0.199 bits per heavy atom. The maximum absolute atomic E-state index is 5.81. The summed E-state index contributed by atoms with van der Waals surface area (Å²) in [4.78, 5) is 14.2. The predicted octanol–water partition coefficient (Wildman–Crippen LogP) is 39.6. The molecule has 0 spiro atoms. The van der Waals surface area contributed by atoms with Crippen molar-refractivity contribution in [2.75, 3.05) is 69.8 Å². The third-order valence-corrected chi connectivity index (χ3v) is 27.3. The number of nitrogens with zero attached hydrogens (tertiary/aromatic N) is 6. The molecule has 0 aliphatic heterocycles. The van der Waals surface area contributed by atoms with Gasteiger partial charge in [-0.15, -0.1) is 0 Å². The molecule has 0 bridgehead atoms. The van der Waals surface area contributed by atoms with Crippen LogP contribution in [0.15, 0.2) is 421 Å². The van der Waals surface area contributed by atoms with E-state index in [4.69, 9.17) is 9.47 Å². The number of anilines is 14. The lowest BCUT2D eigenvalue weighted by molar-refractivity contribution is 0.401. The van der Waals surface area contributed by atoms with Crippen LogP contribution in [-0.4, -0.2) is 40.4 Å². The number of ether oxygens (including phenoxy) is 2. The monoisotopic (exact) mass is 2040 g/mol. The molecule has 0 radical (unpaired) electrons. The molecule has 0 unspecified atom stereocenters. The largest absolute Gasteiger partial charge is 0.496 e. The lowest BCUT2D eigenvalue weighted by Crippen LogP contribution is -2.25. The predicted molar refractivity (Wildman–Crippen MR) is 642 cm³/mol. The Morgan fingerprint density at radius 2 is 0.404 bits per heavy atom. The summed E-state index contributed by atoms with van der Waals surface area (Å²) in [6.45, 7) is 22.2. The number of methoxy groups -OCH3 is 2.